The number of carbonyl (C=O) groups is 2. The third-order valence-electron chi connectivity index (χ3n) is 4.38. The molecule has 1 amide bonds. The van der Waals surface area contributed by atoms with Crippen LogP contribution in [-0.2, 0) is 4.74 Å². The predicted octanol–water partition coefficient (Wildman–Crippen LogP) is 2.74. The summed E-state index contributed by atoms with van der Waals surface area (Å²) in [6.45, 7) is 0.121. The third-order valence-corrected chi connectivity index (χ3v) is 5.40. The summed E-state index contributed by atoms with van der Waals surface area (Å²) in [5.74, 6) is -4.01. The Morgan fingerprint density at radius 2 is 1.93 bits per heavy atom. The van der Waals surface area contributed by atoms with E-state index >= 15 is 0 Å². The molecule has 3 aromatic heterocycles. The van der Waals surface area contributed by atoms with Crippen LogP contribution in [0.3, 0.4) is 0 Å². The van der Waals surface area contributed by atoms with Crippen molar-refractivity contribution < 1.29 is 27.5 Å². The Hall–Kier alpha value is -3.18. The van der Waals surface area contributed by atoms with Gasteiger partial charge in [0.15, 0.2) is 16.6 Å². The van der Waals surface area contributed by atoms with Crippen LogP contribution in [0.25, 0.3) is 10.6 Å². The molecule has 0 unspecified atom stereocenters. The number of ether oxygens (including phenoxy) is 1. The van der Waals surface area contributed by atoms with Crippen molar-refractivity contribution in [2.45, 2.75) is 6.10 Å². The molecule has 0 bridgehead atoms. The number of rotatable bonds is 4. The van der Waals surface area contributed by atoms with Gasteiger partial charge in [-0.15, -0.1) is 11.3 Å². The van der Waals surface area contributed by atoms with Gasteiger partial charge in [-0.1, -0.05) is 0 Å². The van der Waals surface area contributed by atoms with Crippen molar-refractivity contribution in [3.63, 3.8) is 0 Å². The van der Waals surface area contributed by atoms with Crippen LogP contribution < -0.4 is 0 Å². The summed E-state index contributed by atoms with van der Waals surface area (Å²) < 4.78 is 45.8. The van der Waals surface area contributed by atoms with Gasteiger partial charge in [0.25, 0.3) is 5.91 Å². The highest BCUT2D eigenvalue weighted by molar-refractivity contribution is 7.17. The minimum Gasteiger partial charge on any atom is -0.366 e. The molecule has 1 aliphatic heterocycles. The standard InChI is InChI=1S/C19H13F3N4O3S/c20-10-2-1-3-23-16(10)15-8-25-18(30-15)17(27)14-9-26(4-5-29-14)19(28)13-6-11(21)12(22)7-24-13/h1-3,6-8,14H,4-5,9H2/t14-/m0/s1. The first-order valence-corrected chi connectivity index (χ1v) is 9.58. The number of hydrogen-bond acceptors (Lipinski definition) is 7. The van der Waals surface area contributed by atoms with Crippen LogP contribution in [0, 0.1) is 17.5 Å². The SMILES string of the molecule is O=C(c1ncc(-c2ncccc2F)s1)[C@@H]1CN(C(=O)c2cc(F)c(F)cn2)CCO1. The lowest BCUT2D eigenvalue weighted by atomic mass is 10.2. The van der Waals surface area contributed by atoms with Gasteiger partial charge in [0, 0.05) is 25.0 Å². The monoisotopic (exact) mass is 434 g/mol. The molecule has 0 N–H and O–H groups in total. The van der Waals surface area contributed by atoms with Crippen LogP contribution in [0.4, 0.5) is 13.2 Å². The second-order valence-electron chi connectivity index (χ2n) is 6.32. The largest absolute Gasteiger partial charge is 0.366 e. The molecule has 7 nitrogen and oxygen atoms in total. The van der Waals surface area contributed by atoms with Gasteiger partial charge in [0.1, 0.15) is 23.3 Å². The van der Waals surface area contributed by atoms with Gasteiger partial charge in [-0.3, -0.25) is 14.6 Å². The first-order chi connectivity index (χ1) is 14.4. The van der Waals surface area contributed by atoms with E-state index in [2.05, 4.69) is 15.0 Å². The Kier molecular flexibility index (Phi) is 5.55. The minimum absolute atomic E-state index is 0.0684. The van der Waals surface area contributed by atoms with Gasteiger partial charge in [0.2, 0.25) is 5.78 Å². The van der Waals surface area contributed by atoms with Gasteiger partial charge >= 0.3 is 0 Å². The molecular weight excluding hydrogens is 421 g/mol. The summed E-state index contributed by atoms with van der Waals surface area (Å²) in [6.07, 6.45) is 2.40. The molecule has 1 fully saturated rings. The number of pyridine rings is 2. The Morgan fingerprint density at radius 1 is 1.10 bits per heavy atom. The van der Waals surface area contributed by atoms with E-state index in [9.17, 15) is 22.8 Å². The number of ketones is 1. The zero-order valence-corrected chi connectivity index (χ0v) is 16.0. The van der Waals surface area contributed by atoms with Crippen molar-refractivity contribution in [2.75, 3.05) is 19.7 Å². The fourth-order valence-electron chi connectivity index (χ4n) is 2.89. The number of morpholine rings is 1. The van der Waals surface area contributed by atoms with Crippen LogP contribution >= 0.6 is 11.3 Å². The molecule has 0 aliphatic carbocycles. The van der Waals surface area contributed by atoms with E-state index in [-0.39, 0.29) is 36.1 Å². The highest BCUT2D eigenvalue weighted by Crippen LogP contribution is 2.27. The Bertz CT molecular complexity index is 1120. The molecule has 0 saturated carbocycles. The maximum absolute atomic E-state index is 13.9. The molecular formula is C19H13F3N4O3S. The highest BCUT2D eigenvalue weighted by atomic mass is 32.1. The molecule has 1 saturated heterocycles. The Balaban J connectivity index is 1.49. The van der Waals surface area contributed by atoms with Crippen molar-refractivity contribution in [3.05, 3.63) is 64.9 Å². The van der Waals surface area contributed by atoms with E-state index in [1.54, 1.807) is 0 Å². The fourth-order valence-corrected chi connectivity index (χ4v) is 3.79. The Morgan fingerprint density at radius 3 is 2.70 bits per heavy atom. The maximum Gasteiger partial charge on any atom is 0.272 e. The van der Waals surface area contributed by atoms with Crippen molar-refractivity contribution in [1.29, 1.82) is 0 Å². The zero-order valence-electron chi connectivity index (χ0n) is 15.2. The predicted molar refractivity (Wildman–Crippen MR) is 99.4 cm³/mol. The molecule has 0 aromatic carbocycles. The lowest BCUT2D eigenvalue weighted by Gasteiger charge is -2.31. The van der Waals surface area contributed by atoms with Gasteiger partial charge in [-0.2, -0.15) is 0 Å². The topological polar surface area (TPSA) is 85.3 Å². The van der Waals surface area contributed by atoms with Gasteiger partial charge < -0.3 is 9.64 Å². The summed E-state index contributed by atoms with van der Waals surface area (Å²) in [5.41, 5.74) is -0.191. The average Bonchev–Trinajstić information content (AvgIpc) is 3.25. The van der Waals surface area contributed by atoms with Gasteiger partial charge in [0.05, 0.1) is 24.2 Å². The molecule has 4 heterocycles. The first kappa shape index (κ1) is 20.1. The summed E-state index contributed by atoms with van der Waals surface area (Å²) in [6, 6.07) is 3.41. The van der Waals surface area contributed by atoms with Crippen LogP contribution in [0.1, 0.15) is 20.3 Å². The van der Waals surface area contributed by atoms with E-state index in [0.29, 0.717) is 17.1 Å². The molecule has 0 spiro atoms. The summed E-state index contributed by atoms with van der Waals surface area (Å²) in [5, 5.41) is 0.0836. The summed E-state index contributed by atoms with van der Waals surface area (Å²) >= 11 is 0.961. The molecule has 3 aromatic rings. The van der Waals surface area contributed by atoms with Crippen molar-refractivity contribution in [3.8, 4) is 10.6 Å². The van der Waals surface area contributed by atoms with Crippen molar-refractivity contribution in [1.82, 2.24) is 19.9 Å². The summed E-state index contributed by atoms with van der Waals surface area (Å²) in [7, 11) is 0. The van der Waals surface area contributed by atoms with Crippen molar-refractivity contribution in [2.24, 2.45) is 0 Å². The second kappa shape index (κ2) is 8.28. The average molecular weight is 434 g/mol. The van der Waals surface area contributed by atoms with E-state index in [0.717, 1.165) is 11.3 Å². The second-order valence-corrected chi connectivity index (χ2v) is 7.35. The molecule has 0 radical (unpaired) electrons. The number of thiazole rings is 1. The number of nitrogens with zero attached hydrogens (tertiary/aromatic N) is 4. The molecule has 1 aliphatic rings. The first-order valence-electron chi connectivity index (χ1n) is 8.77. The summed E-state index contributed by atoms with van der Waals surface area (Å²) in [4.78, 5) is 38.6. The molecule has 11 heteroatoms. The van der Waals surface area contributed by atoms with Crippen molar-refractivity contribution >= 4 is 23.0 Å². The fraction of sp³-hybridized carbons (Fsp3) is 0.211. The number of hydrogen-bond donors (Lipinski definition) is 0. The lowest BCUT2D eigenvalue weighted by molar-refractivity contribution is -0.0117. The number of carbonyl (C=O) groups excluding carboxylic acids is 2. The highest BCUT2D eigenvalue weighted by Gasteiger charge is 2.32. The number of halogens is 3. The van der Waals surface area contributed by atoms with E-state index in [1.807, 2.05) is 0 Å². The molecule has 30 heavy (non-hydrogen) atoms. The van der Waals surface area contributed by atoms with Gasteiger partial charge in [-0.05, 0) is 12.1 Å². The van der Waals surface area contributed by atoms with Crippen LogP contribution in [0.15, 0.2) is 36.8 Å². The number of aromatic nitrogens is 3. The molecule has 4 rings (SSSR count). The van der Waals surface area contributed by atoms with Crippen LogP contribution in [0.5, 0.6) is 0 Å². The molecule has 1 atom stereocenters. The third kappa shape index (κ3) is 3.94. The minimum atomic E-state index is -1.19. The van der Waals surface area contributed by atoms with E-state index in [1.165, 1.54) is 29.4 Å². The smallest absolute Gasteiger partial charge is 0.272 e. The maximum atomic E-state index is 13.9. The van der Waals surface area contributed by atoms with Gasteiger partial charge in [-0.25, -0.2) is 23.1 Å². The van der Waals surface area contributed by atoms with Crippen LogP contribution in [-0.4, -0.2) is 57.3 Å². The van der Waals surface area contributed by atoms with E-state index in [4.69, 9.17) is 4.74 Å². The number of amides is 1. The van der Waals surface area contributed by atoms with E-state index < -0.39 is 35.2 Å². The molecule has 154 valence electrons. The van der Waals surface area contributed by atoms with Crippen LogP contribution in [0.2, 0.25) is 0 Å². The Labute approximate surface area is 172 Å². The number of Topliss-reactive ketones (excluding diaryl/α,β-unsaturated/α-hetero) is 1. The quantitative estimate of drug-likeness (QED) is 0.587. The lowest BCUT2D eigenvalue weighted by Crippen LogP contribution is -2.48. The normalized spacial score (nSPS) is 16.5. The zero-order chi connectivity index (χ0) is 21.3.